The molecule has 1 saturated heterocycles. The minimum Gasteiger partial charge on any atom is -0.464 e. The van der Waals surface area contributed by atoms with Gasteiger partial charge in [-0.2, -0.15) is 0 Å². The number of allylic oxidation sites excluding steroid dienone is 1. The molecule has 0 spiro atoms. The highest BCUT2D eigenvalue weighted by Crippen LogP contribution is 2.06. The van der Waals surface area contributed by atoms with Gasteiger partial charge in [-0.15, -0.1) is 0 Å². The summed E-state index contributed by atoms with van der Waals surface area (Å²) >= 11 is 0. The molecule has 1 amide bonds. The SMILES string of the molecule is CC=CC(=O)N1CCNCC1C(=O)OCC. The lowest BCUT2D eigenvalue weighted by Gasteiger charge is -2.33. The standard InChI is InChI=1S/C11H18N2O3/c1-3-5-10(14)13-7-6-12-8-9(13)11(15)16-4-2/h3,5,9,12H,4,6-8H2,1-2H3. The fraction of sp³-hybridized carbons (Fsp3) is 0.636. The molecule has 0 aliphatic carbocycles. The normalized spacial score (nSPS) is 21.1. The number of ether oxygens (including phenoxy) is 1. The van der Waals surface area contributed by atoms with Crippen molar-refractivity contribution in [2.24, 2.45) is 0 Å². The van der Waals surface area contributed by atoms with Crippen LogP contribution in [0.15, 0.2) is 12.2 Å². The summed E-state index contributed by atoms with van der Waals surface area (Å²) in [4.78, 5) is 24.9. The Kier molecular flexibility index (Phi) is 4.98. The van der Waals surface area contributed by atoms with Crippen molar-refractivity contribution in [1.29, 1.82) is 0 Å². The largest absolute Gasteiger partial charge is 0.464 e. The Bertz CT molecular complexity index is 289. The first kappa shape index (κ1) is 12.7. The van der Waals surface area contributed by atoms with Gasteiger partial charge in [0.25, 0.3) is 0 Å². The molecule has 16 heavy (non-hydrogen) atoms. The molecule has 1 heterocycles. The molecule has 1 aliphatic heterocycles. The average molecular weight is 226 g/mol. The Morgan fingerprint density at radius 3 is 2.94 bits per heavy atom. The minimum atomic E-state index is -0.502. The van der Waals surface area contributed by atoms with E-state index >= 15 is 0 Å². The average Bonchev–Trinajstić information content (AvgIpc) is 2.30. The third-order valence-electron chi connectivity index (χ3n) is 2.39. The van der Waals surface area contributed by atoms with Gasteiger partial charge in [-0.25, -0.2) is 4.79 Å². The van der Waals surface area contributed by atoms with Crippen molar-refractivity contribution >= 4 is 11.9 Å². The van der Waals surface area contributed by atoms with Gasteiger partial charge in [-0.3, -0.25) is 4.79 Å². The molecular formula is C11H18N2O3. The first-order chi connectivity index (χ1) is 7.70. The fourth-order valence-corrected chi connectivity index (χ4v) is 1.66. The highest BCUT2D eigenvalue weighted by Gasteiger charge is 2.31. The second-order valence-electron chi connectivity index (χ2n) is 3.50. The molecule has 1 atom stereocenters. The summed E-state index contributed by atoms with van der Waals surface area (Å²) < 4.78 is 4.94. The first-order valence-corrected chi connectivity index (χ1v) is 5.51. The van der Waals surface area contributed by atoms with Gasteiger partial charge in [-0.05, 0) is 19.9 Å². The predicted octanol–water partition coefficient (Wildman–Crippen LogP) is -0.0740. The summed E-state index contributed by atoms with van der Waals surface area (Å²) in [6.45, 7) is 5.57. The maximum atomic E-state index is 11.7. The third kappa shape index (κ3) is 3.06. The van der Waals surface area contributed by atoms with Crippen LogP contribution >= 0.6 is 0 Å². The Balaban J connectivity index is 2.70. The Hall–Kier alpha value is -1.36. The summed E-state index contributed by atoms with van der Waals surface area (Å²) in [5.74, 6) is -0.477. The molecule has 90 valence electrons. The zero-order valence-corrected chi connectivity index (χ0v) is 9.73. The van der Waals surface area contributed by atoms with Crippen molar-refractivity contribution in [2.45, 2.75) is 19.9 Å². The number of piperazine rings is 1. The Labute approximate surface area is 95.4 Å². The van der Waals surface area contributed by atoms with Crippen LogP contribution in [-0.2, 0) is 14.3 Å². The molecule has 0 saturated carbocycles. The van der Waals surface area contributed by atoms with E-state index in [0.29, 0.717) is 26.2 Å². The zero-order valence-electron chi connectivity index (χ0n) is 9.73. The van der Waals surface area contributed by atoms with Gasteiger partial charge in [0.05, 0.1) is 6.61 Å². The molecular weight excluding hydrogens is 208 g/mol. The van der Waals surface area contributed by atoms with Crippen LogP contribution in [0.25, 0.3) is 0 Å². The quantitative estimate of drug-likeness (QED) is 0.540. The summed E-state index contributed by atoms with van der Waals surface area (Å²) in [6.07, 6.45) is 3.14. The predicted molar refractivity (Wildman–Crippen MR) is 59.8 cm³/mol. The number of carbonyl (C=O) groups is 2. The van der Waals surface area contributed by atoms with Gasteiger partial charge in [0.15, 0.2) is 0 Å². The number of esters is 1. The van der Waals surface area contributed by atoms with Gasteiger partial charge in [0, 0.05) is 19.6 Å². The van der Waals surface area contributed by atoms with E-state index in [0.717, 1.165) is 0 Å². The van der Waals surface area contributed by atoms with Gasteiger partial charge in [0.2, 0.25) is 5.91 Å². The minimum absolute atomic E-state index is 0.137. The van der Waals surface area contributed by atoms with Gasteiger partial charge < -0.3 is 15.0 Å². The van der Waals surface area contributed by atoms with Crippen molar-refractivity contribution < 1.29 is 14.3 Å². The van der Waals surface area contributed by atoms with E-state index in [9.17, 15) is 9.59 Å². The van der Waals surface area contributed by atoms with E-state index in [4.69, 9.17) is 4.74 Å². The summed E-state index contributed by atoms with van der Waals surface area (Å²) in [5.41, 5.74) is 0. The second-order valence-corrected chi connectivity index (χ2v) is 3.50. The summed E-state index contributed by atoms with van der Waals surface area (Å²) in [5, 5.41) is 3.08. The smallest absolute Gasteiger partial charge is 0.330 e. The van der Waals surface area contributed by atoms with Gasteiger partial charge in [0.1, 0.15) is 6.04 Å². The monoisotopic (exact) mass is 226 g/mol. The van der Waals surface area contributed by atoms with Crippen molar-refractivity contribution in [3.8, 4) is 0 Å². The van der Waals surface area contributed by atoms with E-state index in [-0.39, 0.29) is 11.9 Å². The van der Waals surface area contributed by atoms with E-state index < -0.39 is 6.04 Å². The van der Waals surface area contributed by atoms with Crippen LogP contribution in [-0.4, -0.2) is 49.1 Å². The lowest BCUT2D eigenvalue weighted by Crippen LogP contribution is -2.57. The molecule has 1 rings (SSSR count). The van der Waals surface area contributed by atoms with Crippen molar-refractivity contribution in [3.63, 3.8) is 0 Å². The zero-order chi connectivity index (χ0) is 12.0. The van der Waals surface area contributed by atoms with Crippen LogP contribution in [0.1, 0.15) is 13.8 Å². The van der Waals surface area contributed by atoms with Crippen molar-refractivity contribution in [3.05, 3.63) is 12.2 Å². The third-order valence-corrected chi connectivity index (χ3v) is 2.39. The number of rotatable bonds is 3. The molecule has 0 aromatic rings. The van der Waals surface area contributed by atoms with Gasteiger partial charge >= 0.3 is 5.97 Å². The van der Waals surface area contributed by atoms with E-state index in [1.165, 1.54) is 6.08 Å². The number of nitrogens with zero attached hydrogens (tertiary/aromatic N) is 1. The number of carbonyl (C=O) groups excluding carboxylic acids is 2. The van der Waals surface area contributed by atoms with Gasteiger partial charge in [-0.1, -0.05) is 6.08 Å². The van der Waals surface area contributed by atoms with Crippen LogP contribution in [0.2, 0.25) is 0 Å². The van der Waals surface area contributed by atoms with E-state index in [1.54, 1.807) is 24.8 Å². The van der Waals surface area contributed by atoms with Crippen LogP contribution in [0.3, 0.4) is 0 Å². The molecule has 1 fully saturated rings. The molecule has 1 aliphatic rings. The van der Waals surface area contributed by atoms with Crippen molar-refractivity contribution in [2.75, 3.05) is 26.2 Å². The van der Waals surface area contributed by atoms with E-state index in [2.05, 4.69) is 5.32 Å². The Morgan fingerprint density at radius 1 is 1.56 bits per heavy atom. The number of nitrogens with one attached hydrogen (secondary N) is 1. The molecule has 0 aromatic heterocycles. The maximum Gasteiger partial charge on any atom is 0.330 e. The molecule has 0 radical (unpaired) electrons. The molecule has 1 N–H and O–H groups in total. The Morgan fingerprint density at radius 2 is 2.31 bits per heavy atom. The highest BCUT2D eigenvalue weighted by molar-refractivity contribution is 5.91. The van der Waals surface area contributed by atoms with Crippen LogP contribution in [0.5, 0.6) is 0 Å². The first-order valence-electron chi connectivity index (χ1n) is 5.51. The number of amides is 1. The molecule has 1 unspecified atom stereocenters. The lowest BCUT2D eigenvalue weighted by atomic mass is 10.2. The topological polar surface area (TPSA) is 58.6 Å². The second kappa shape index (κ2) is 6.27. The molecule has 0 aromatic carbocycles. The number of hydrogen-bond acceptors (Lipinski definition) is 4. The molecule has 0 bridgehead atoms. The lowest BCUT2D eigenvalue weighted by molar-refractivity contribution is -0.154. The summed E-state index contributed by atoms with van der Waals surface area (Å²) in [7, 11) is 0. The summed E-state index contributed by atoms with van der Waals surface area (Å²) in [6, 6.07) is -0.502. The fourth-order valence-electron chi connectivity index (χ4n) is 1.66. The van der Waals surface area contributed by atoms with Crippen LogP contribution in [0.4, 0.5) is 0 Å². The van der Waals surface area contributed by atoms with Crippen LogP contribution < -0.4 is 5.32 Å². The van der Waals surface area contributed by atoms with Crippen LogP contribution in [0, 0.1) is 0 Å². The maximum absolute atomic E-state index is 11.7. The highest BCUT2D eigenvalue weighted by atomic mass is 16.5. The molecule has 5 nitrogen and oxygen atoms in total. The molecule has 5 heteroatoms. The van der Waals surface area contributed by atoms with Crippen molar-refractivity contribution in [1.82, 2.24) is 10.2 Å². The number of hydrogen-bond donors (Lipinski definition) is 1. The van der Waals surface area contributed by atoms with E-state index in [1.807, 2.05) is 0 Å².